The van der Waals surface area contributed by atoms with E-state index in [0.29, 0.717) is 17.5 Å². The van der Waals surface area contributed by atoms with E-state index in [0.717, 1.165) is 6.04 Å². The van der Waals surface area contributed by atoms with E-state index in [1.165, 1.54) is 4.46 Å². The van der Waals surface area contributed by atoms with Crippen LogP contribution >= 0.6 is 7.60 Å². The molecule has 1 unspecified atom stereocenters. The van der Waals surface area contributed by atoms with Crippen LogP contribution in [0, 0.1) is 5.92 Å². The quantitative estimate of drug-likeness (QED) is 0.178. The zero-order valence-electron chi connectivity index (χ0n) is 21.0. The van der Waals surface area contributed by atoms with E-state index >= 15 is 0 Å². The molecule has 1 aromatic carbocycles. The summed E-state index contributed by atoms with van der Waals surface area (Å²) in [6.07, 6.45) is 0.527. The van der Waals surface area contributed by atoms with Crippen molar-refractivity contribution in [2.45, 2.75) is 75.2 Å². The Labute approximate surface area is 203 Å². The summed E-state index contributed by atoms with van der Waals surface area (Å²) in [6.45, 7) is 18.3. The van der Waals surface area contributed by atoms with Gasteiger partial charge in [0, 0.05) is 0 Å². The van der Waals surface area contributed by atoms with E-state index in [4.69, 9.17) is 13.8 Å². The van der Waals surface area contributed by atoms with Crippen LogP contribution in [0.4, 0.5) is 0 Å². The Morgan fingerprint density at radius 1 is 1.09 bits per heavy atom. The summed E-state index contributed by atoms with van der Waals surface area (Å²) in [6, 6.07) is 11.4. The molecule has 32 heavy (non-hydrogen) atoms. The minimum atomic E-state index is -3.66. The molecular formula is C23H41O5PSeSi2. The number of carbonyl (C=O) groups is 1. The molecule has 1 fully saturated rings. The summed E-state index contributed by atoms with van der Waals surface area (Å²) in [7, 11) is -6.72. The Kier molecular flexibility index (Phi) is 9.66. The standard InChI is InChI=1S/C23H41O5PSeSi2/c1-9-27-29(25,28-10-2)23(22(24)26-16-17-31(3,4)5)18-20(23)21(32(6,7)8)30-19-14-12-11-13-15-19/h11-15,20-21H,9-10,16-18H2,1-8H3/t20-,21?,23+/m0/s1. The molecule has 3 atom stereocenters. The third-order valence-corrected chi connectivity index (χ3v) is 19.8. The van der Waals surface area contributed by atoms with Crippen LogP contribution in [0.15, 0.2) is 30.3 Å². The zero-order valence-corrected chi connectivity index (χ0v) is 25.6. The summed E-state index contributed by atoms with van der Waals surface area (Å²) in [5.74, 6) is -0.407. The molecule has 0 bridgehead atoms. The van der Waals surface area contributed by atoms with Crippen LogP contribution in [0.2, 0.25) is 49.8 Å². The number of hydrogen-bond donors (Lipinski definition) is 0. The van der Waals surface area contributed by atoms with Crippen LogP contribution in [0.3, 0.4) is 0 Å². The number of esters is 1. The average Bonchev–Trinajstić information content (AvgIpc) is 3.42. The van der Waals surface area contributed by atoms with Crippen molar-refractivity contribution in [1.82, 2.24) is 0 Å². The number of rotatable bonds is 13. The molecule has 1 saturated carbocycles. The Balaban J connectivity index is 2.40. The van der Waals surface area contributed by atoms with Crippen molar-refractivity contribution in [2.75, 3.05) is 19.8 Å². The molecule has 2 rings (SSSR count). The second kappa shape index (κ2) is 11.0. The van der Waals surface area contributed by atoms with E-state index in [2.05, 4.69) is 63.5 Å². The van der Waals surface area contributed by atoms with Crippen molar-refractivity contribution in [1.29, 1.82) is 0 Å². The molecule has 0 radical (unpaired) electrons. The van der Waals surface area contributed by atoms with Crippen molar-refractivity contribution < 1.29 is 23.1 Å². The molecule has 5 nitrogen and oxygen atoms in total. The van der Waals surface area contributed by atoms with Gasteiger partial charge in [-0.2, -0.15) is 0 Å². The maximum absolute atomic E-state index is 14.1. The van der Waals surface area contributed by atoms with Gasteiger partial charge in [-0.3, -0.25) is 0 Å². The summed E-state index contributed by atoms with van der Waals surface area (Å²) < 4.78 is 33.1. The van der Waals surface area contributed by atoms with Gasteiger partial charge in [-0.1, -0.05) is 0 Å². The fourth-order valence-corrected chi connectivity index (χ4v) is 14.7. The van der Waals surface area contributed by atoms with Crippen LogP contribution in [0.1, 0.15) is 20.3 Å². The molecule has 0 aromatic heterocycles. The fraction of sp³-hybridized carbons (Fsp3) is 0.696. The maximum atomic E-state index is 14.1. The van der Waals surface area contributed by atoms with Crippen molar-refractivity contribution in [3.05, 3.63) is 30.3 Å². The molecule has 0 saturated heterocycles. The second-order valence-corrected chi connectivity index (χ2v) is 27.5. The van der Waals surface area contributed by atoms with Gasteiger partial charge in [0.05, 0.1) is 0 Å². The topological polar surface area (TPSA) is 61.8 Å². The second-order valence-electron chi connectivity index (χ2n) is 10.7. The normalized spacial score (nSPS) is 22.4. The van der Waals surface area contributed by atoms with Gasteiger partial charge in [0.1, 0.15) is 0 Å². The summed E-state index contributed by atoms with van der Waals surface area (Å²) in [5.41, 5.74) is 0. The van der Waals surface area contributed by atoms with Gasteiger partial charge in [-0.05, 0) is 0 Å². The SMILES string of the molecule is CCOP(=O)(OCC)[C@]1(C(=O)OCC[Si](C)(C)C)C[C@H]1C([Se]c1ccccc1)[Si](C)(C)C. The van der Waals surface area contributed by atoms with E-state index in [-0.39, 0.29) is 40.1 Å². The first-order valence-electron chi connectivity index (χ1n) is 11.6. The van der Waals surface area contributed by atoms with Gasteiger partial charge in [-0.15, -0.1) is 0 Å². The monoisotopic (exact) mass is 564 g/mol. The third-order valence-electron chi connectivity index (χ3n) is 5.74. The van der Waals surface area contributed by atoms with E-state index in [1.54, 1.807) is 13.8 Å². The Morgan fingerprint density at radius 3 is 2.12 bits per heavy atom. The van der Waals surface area contributed by atoms with Gasteiger partial charge < -0.3 is 0 Å². The minimum absolute atomic E-state index is 0.0299. The van der Waals surface area contributed by atoms with Gasteiger partial charge in [0.2, 0.25) is 0 Å². The number of benzene rings is 1. The van der Waals surface area contributed by atoms with Crippen molar-refractivity contribution in [2.24, 2.45) is 5.92 Å². The Hall–Kier alpha value is -0.207. The van der Waals surface area contributed by atoms with Crippen LogP contribution < -0.4 is 4.46 Å². The molecule has 1 aliphatic carbocycles. The van der Waals surface area contributed by atoms with Gasteiger partial charge >= 0.3 is 204 Å². The van der Waals surface area contributed by atoms with Gasteiger partial charge in [0.15, 0.2) is 0 Å². The van der Waals surface area contributed by atoms with E-state index < -0.39 is 28.9 Å². The molecule has 0 amide bonds. The number of carbonyl (C=O) groups excluding carboxylic acids is 1. The zero-order chi connectivity index (χ0) is 24.2. The van der Waals surface area contributed by atoms with Crippen LogP contribution in [0.25, 0.3) is 0 Å². The van der Waals surface area contributed by atoms with Gasteiger partial charge in [-0.25, -0.2) is 0 Å². The summed E-state index contributed by atoms with van der Waals surface area (Å²) >= 11 is 0.167. The summed E-state index contributed by atoms with van der Waals surface area (Å²) in [4.78, 5) is 13.6. The van der Waals surface area contributed by atoms with Crippen molar-refractivity contribution >= 4 is 49.1 Å². The summed E-state index contributed by atoms with van der Waals surface area (Å²) in [5, 5.41) is -1.17. The first-order chi connectivity index (χ1) is 14.8. The molecule has 0 heterocycles. The first kappa shape index (κ1) is 28.0. The predicted octanol–water partition coefficient (Wildman–Crippen LogP) is 5.59. The molecule has 9 heteroatoms. The van der Waals surface area contributed by atoms with Crippen molar-refractivity contribution in [3.63, 3.8) is 0 Å². The molecule has 0 aliphatic heterocycles. The molecule has 182 valence electrons. The van der Waals surface area contributed by atoms with Crippen LogP contribution in [-0.2, 0) is 23.1 Å². The van der Waals surface area contributed by atoms with Gasteiger partial charge in [0.25, 0.3) is 0 Å². The van der Waals surface area contributed by atoms with Crippen LogP contribution in [0.5, 0.6) is 0 Å². The number of hydrogen-bond acceptors (Lipinski definition) is 5. The predicted molar refractivity (Wildman–Crippen MR) is 140 cm³/mol. The molecule has 1 aromatic rings. The van der Waals surface area contributed by atoms with Crippen LogP contribution in [-0.4, -0.2) is 62.1 Å². The first-order valence-corrected chi connectivity index (χ1v) is 22.3. The Bertz CT molecular complexity index is 799. The average molecular weight is 564 g/mol. The Morgan fingerprint density at radius 2 is 1.66 bits per heavy atom. The molecular weight excluding hydrogens is 522 g/mol. The molecule has 0 N–H and O–H groups in total. The van der Waals surface area contributed by atoms with Crippen molar-refractivity contribution in [3.8, 4) is 0 Å². The van der Waals surface area contributed by atoms with E-state index in [1.807, 2.05) is 6.07 Å². The fourth-order valence-electron chi connectivity index (χ4n) is 3.99. The third kappa shape index (κ3) is 6.68. The van der Waals surface area contributed by atoms with E-state index in [9.17, 15) is 9.36 Å². The molecule has 1 aliphatic rings. The molecule has 0 spiro atoms. The number of ether oxygens (including phenoxy) is 1.